The third kappa shape index (κ3) is 3.00. The van der Waals surface area contributed by atoms with E-state index in [9.17, 15) is 4.39 Å². The topological polar surface area (TPSA) is 101 Å². The summed E-state index contributed by atoms with van der Waals surface area (Å²) in [4.78, 5) is 0. The van der Waals surface area contributed by atoms with Gasteiger partial charge in [0.2, 0.25) is 0 Å². The largest absolute Gasteiger partial charge is 0.394 e. The minimum Gasteiger partial charge on any atom is -0.394 e. The van der Waals surface area contributed by atoms with E-state index in [1.54, 1.807) is 0 Å². The predicted molar refractivity (Wildman–Crippen MR) is 37.1 cm³/mol. The monoisotopic (exact) mass is 184 g/mol. The second-order valence-electron chi connectivity index (χ2n) is 2.43. The van der Waals surface area contributed by atoms with Gasteiger partial charge in [-0.3, -0.25) is 0 Å². The zero-order chi connectivity index (χ0) is 9.72. The van der Waals surface area contributed by atoms with Crippen LogP contribution in [-0.4, -0.2) is 63.2 Å². The number of hydrogen-bond donors (Lipinski definition) is 5. The molecule has 4 atom stereocenters. The first kappa shape index (κ1) is 11.7. The number of halogens is 1. The molecule has 5 nitrogen and oxygen atoms in total. The van der Waals surface area contributed by atoms with Crippen LogP contribution in [0.15, 0.2) is 0 Å². The molecular weight excluding hydrogens is 171 g/mol. The van der Waals surface area contributed by atoms with Crippen LogP contribution in [0.25, 0.3) is 0 Å². The molecule has 0 rings (SSSR count). The van der Waals surface area contributed by atoms with Gasteiger partial charge in [0.1, 0.15) is 18.3 Å². The van der Waals surface area contributed by atoms with Crippen molar-refractivity contribution in [1.29, 1.82) is 0 Å². The summed E-state index contributed by atoms with van der Waals surface area (Å²) >= 11 is 0. The molecule has 0 aliphatic heterocycles. The molecule has 0 bridgehead atoms. The second-order valence-corrected chi connectivity index (χ2v) is 2.43. The number of aliphatic hydroxyl groups is 5. The SMILES string of the molecule is OC[C@@H](O)[C@@H](O)[C@@H](F)[C@H](O)CO. The smallest absolute Gasteiger partial charge is 0.156 e. The van der Waals surface area contributed by atoms with Gasteiger partial charge in [-0.1, -0.05) is 0 Å². The van der Waals surface area contributed by atoms with Gasteiger partial charge in [0, 0.05) is 0 Å². The number of alkyl halides is 1. The molecule has 0 aromatic carbocycles. The standard InChI is InChI=1S/C6H13FO5/c7-5(3(10)1-8)6(12)4(11)2-9/h3-6,8-12H,1-2H2/t3-,4-,5+,6-/m1/s1. The fourth-order valence-electron chi connectivity index (χ4n) is 0.649. The third-order valence-corrected chi connectivity index (χ3v) is 1.46. The van der Waals surface area contributed by atoms with Crippen molar-refractivity contribution in [2.75, 3.05) is 13.2 Å². The molecule has 0 saturated carbocycles. The Labute approximate surface area is 68.7 Å². The van der Waals surface area contributed by atoms with Crippen molar-refractivity contribution in [2.24, 2.45) is 0 Å². The first-order valence-electron chi connectivity index (χ1n) is 3.44. The molecule has 0 spiro atoms. The summed E-state index contributed by atoms with van der Waals surface area (Å²) < 4.78 is 12.7. The average molecular weight is 184 g/mol. The Bertz CT molecular complexity index is 109. The molecule has 0 amide bonds. The lowest BCUT2D eigenvalue weighted by Gasteiger charge is -2.22. The third-order valence-electron chi connectivity index (χ3n) is 1.46. The highest BCUT2D eigenvalue weighted by atomic mass is 19.1. The summed E-state index contributed by atoms with van der Waals surface area (Å²) in [6, 6.07) is 0. The first-order chi connectivity index (χ1) is 5.54. The van der Waals surface area contributed by atoms with Gasteiger partial charge < -0.3 is 25.5 Å². The van der Waals surface area contributed by atoms with E-state index in [2.05, 4.69) is 0 Å². The summed E-state index contributed by atoms with van der Waals surface area (Å²) in [5.41, 5.74) is 0. The molecule has 12 heavy (non-hydrogen) atoms. The average Bonchev–Trinajstić information content (AvgIpc) is 2.12. The quantitative estimate of drug-likeness (QED) is 0.322. The van der Waals surface area contributed by atoms with E-state index < -0.39 is 37.7 Å². The van der Waals surface area contributed by atoms with E-state index in [4.69, 9.17) is 25.5 Å². The highest BCUT2D eigenvalue weighted by Crippen LogP contribution is 2.08. The Kier molecular flexibility index (Phi) is 5.27. The van der Waals surface area contributed by atoms with Crippen molar-refractivity contribution in [3.05, 3.63) is 0 Å². The van der Waals surface area contributed by atoms with Crippen molar-refractivity contribution < 1.29 is 29.9 Å². The zero-order valence-corrected chi connectivity index (χ0v) is 6.34. The van der Waals surface area contributed by atoms with Gasteiger partial charge in [-0.25, -0.2) is 4.39 Å². The van der Waals surface area contributed by atoms with Crippen LogP contribution in [0.3, 0.4) is 0 Å². The lowest BCUT2D eigenvalue weighted by Crippen LogP contribution is -2.44. The molecule has 0 aliphatic rings. The number of rotatable bonds is 5. The molecule has 6 heteroatoms. The fraction of sp³-hybridized carbons (Fsp3) is 1.00. The van der Waals surface area contributed by atoms with E-state index in [1.165, 1.54) is 0 Å². The molecule has 0 saturated heterocycles. The molecule has 0 heterocycles. The van der Waals surface area contributed by atoms with Gasteiger partial charge in [0.05, 0.1) is 13.2 Å². The second kappa shape index (κ2) is 5.39. The maximum Gasteiger partial charge on any atom is 0.156 e. The Balaban J connectivity index is 3.99. The van der Waals surface area contributed by atoms with Crippen molar-refractivity contribution in [3.8, 4) is 0 Å². The van der Waals surface area contributed by atoms with Crippen LogP contribution in [0.1, 0.15) is 0 Å². The van der Waals surface area contributed by atoms with Crippen LogP contribution in [0, 0.1) is 0 Å². The van der Waals surface area contributed by atoms with Crippen LogP contribution in [0.5, 0.6) is 0 Å². The lowest BCUT2D eigenvalue weighted by molar-refractivity contribution is -0.0935. The molecule has 0 radical (unpaired) electrons. The molecule has 74 valence electrons. The van der Waals surface area contributed by atoms with E-state index in [0.717, 1.165) is 0 Å². The summed E-state index contributed by atoms with van der Waals surface area (Å²) in [5.74, 6) is 0. The Morgan fingerprint density at radius 1 is 0.917 bits per heavy atom. The Hall–Kier alpha value is -0.270. The van der Waals surface area contributed by atoms with Crippen molar-refractivity contribution in [2.45, 2.75) is 24.5 Å². The van der Waals surface area contributed by atoms with E-state index in [0.29, 0.717) is 0 Å². The molecule has 0 fully saturated rings. The number of aliphatic hydroxyl groups excluding tert-OH is 5. The fourth-order valence-corrected chi connectivity index (χ4v) is 0.649. The van der Waals surface area contributed by atoms with E-state index in [-0.39, 0.29) is 0 Å². The molecule has 0 unspecified atom stereocenters. The van der Waals surface area contributed by atoms with Gasteiger partial charge in [-0.05, 0) is 0 Å². The van der Waals surface area contributed by atoms with Crippen molar-refractivity contribution in [1.82, 2.24) is 0 Å². The summed E-state index contributed by atoms with van der Waals surface area (Å²) in [6.07, 6.45) is -7.46. The summed E-state index contributed by atoms with van der Waals surface area (Å²) in [7, 11) is 0. The van der Waals surface area contributed by atoms with Gasteiger partial charge in [-0.2, -0.15) is 0 Å². The highest BCUT2D eigenvalue weighted by molar-refractivity contribution is 4.80. The van der Waals surface area contributed by atoms with Gasteiger partial charge in [0.25, 0.3) is 0 Å². The predicted octanol–water partition coefficient (Wildman–Crippen LogP) is -2.61. The first-order valence-corrected chi connectivity index (χ1v) is 3.44. The van der Waals surface area contributed by atoms with E-state index in [1.807, 2.05) is 0 Å². The molecule has 0 aromatic rings. The molecular formula is C6H13FO5. The van der Waals surface area contributed by atoms with Crippen molar-refractivity contribution >= 4 is 0 Å². The van der Waals surface area contributed by atoms with Gasteiger partial charge in [0.15, 0.2) is 6.17 Å². The summed E-state index contributed by atoms with van der Waals surface area (Å²) in [6.45, 7) is -1.66. The van der Waals surface area contributed by atoms with Gasteiger partial charge >= 0.3 is 0 Å². The van der Waals surface area contributed by atoms with Crippen LogP contribution >= 0.6 is 0 Å². The lowest BCUT2D eigenvalue weighted by atomic mass is 10.1. The molecule has 0 aliphatic carbocycles. The Morgan fingerprint density at radius 3 is 1.67 bits per heavy atom. The zero-order valence-electron chi connectivity index (χ0n) is 6.34. The van der Waals surface area contributed by atoms with Crippen LogP contribution in [0.2, 0.25) is 0 Å². The normalized spacial score (nSPS) is 21.5. The van der Waals surface area contributed by atoms with Gasteiger partial charge in [-0.15, -0.1) is 0 Å². The van der Waals surface area contributed by atoms with Crippen LogP contribution in [0.4, 0.5) is 4.39 Å². The Morgan fingerprint density at radius 2 is 1.33 bits per heavy atom. The summed E-state index contributed by atoms with van der Waals surface area (Å²) in [5, 5.41) is 42.8. The molecule has 0 aromatic heterocycles. The number of hydrogen-bond acceptors (Lipinski definition) is 5. The minimum absolute atomic E-state index is 0.806. The minimum atomic E-state index is -2.17. The maximum absolute atomic E-state index is 12.7. The highest BCUT2D eigenvalue weighted by Gasteiger charge is 2.31. The van der Waals surface area contributed by atoms with Crippen molar-refractivity contribution in [3.63, 3.8) is 0 Å². The van der Waals surface area contributed by atoms with Crippen LogP contribution < -0.4 is 0 Å². The molecule has 5 N–H and O–H groups in total. The maximum atomic E-state index is 12.7. The van der Waals surface area contributed by atoms with Crippen LogP contribution in [-0.2, 0) is 0 Å². The van der Waals surface area contributed by atoms with E-state index >= 15 is 0 Å².